The number of hydrogen-bond acceptors (Lipinski definition) is 3. The van der Waals surface area contributed by atoms with Crippen LogP contribution in [-0.4, -0.2) is 21.2 Å². The zero-order valence-electron chi connectivity index (χ0n) is 13.2. The van der Waals surface area contributed by atoms with E-state index in [9.17, 15) is 4.79 Å². The van der Waals surface area contributed by atoms with Crippen LogP contribution >= 0.6 is 11.6 Å². The SMILES string of the molecule is COc1ccc(-n2c(=O)c3ncn(C)c3c3ccc(Cl)cc32)cc1. The third kappa shape index (κ3) is 2.09. The van der Waals surface area contributed by atoms with Gasteiger partial charge >= 0.3 is 0 Å². The minimum atomic E-state index is -0.175. The van der Waals surface area contributed by atoms with Crippen LogP contribution in [0.3, 0.4) is 0 Å². The molecule has 0 N–H and O–H groups in total. The van der Waals surface area contributed by atoms with Crippen molar-refractivity contribution in [2.75, 3.05) is 7.11 Å². The fourth-order valence-corrected chi connectivity index (χ4v) is 3.16. The van der Waals surface area contributed by atoms with Crippen molar-refractivity contribution in [3.8, 4) is 11.4 Å². The van der Waals surface area contributed by atoms with Gasteiger partial charge in [-0.05, 0) is 42.5 Å². The number of methoxy groups -OCH3 is 1. The largest absolute Gasteiger partial charge is 0.497 e. The van der Waals surface area contributed by atoms with Crippen LogP contribution in [0.1, 0.15) is 0 Å². The highest BCUT2D eigenvalue weighted by molar-refractivity contribution is 6.31. The van der Waals surface area contributed by atoms with Gasteiger partial charge in [-0.15, -0.1) is 0 Å². The lowest BCUT2D eigenvalue weighted by Gasteiger charge is -2.13. The lowest BCUT2D eigenvalue weighted by Crippen LogP contribution is -2.19. The van der Waals surface area contributed by atoms with E-state index in [2.05, 4.69) is 4.98 Å². The maximum Gasteiger partial charge on any atom is 0.283 e. The van der Waals surface area contributed by atoms with Crippen molar-refractivity contribution in [3.63, 3.8) is 0 Å². The molecule has 0 saturated heterocycles. The Hall–Kier alpha value is -2.79. The van der Waals surface area contributed by atoms with Crippen molar-refractivity contribution in [2.24, 2.45) is 7.05 Å². The van der Waals surface area contributed by atoms with Gasteiger partial charge in [0, 0.05) is 23.1 Å². The Morgan fingerprint density at radius 2 is 1.88 bits per heavy atom. The Kier molecular flexibility index (Phi) is 3.32. The predicted molar refractivity (Wildman–Crippen MR) is 95.4 cm³/mol. The Bertz CT molecular complexity index is 1130. The maximum atomic E-state index is 13.0. The number of ether oxygens (including phenoxy) is 1. The van der Waals surface area contributed by atoms with Crippen LogP contribution in [0.4, 0.5) is 0 Å². The van der Waals surface area contributed by atoms with E-state index >= 15 is 0 Å². The molecule has 0 spiro atoms. The molecule has 2 aromatic heterocycles. The number of hydrogen-bond donors (Lipinski definition) is 0. The van der Waals surface area contributed by atoms with Gasteiger partial charge in [0.15, 0.2) is 5.52 Å². The van der Waals surface area contributed by atoms with E-state index in [-0.39, 0.29) is 5.56 Å². The second kappa shape index (κ2) is 5.39. The molecule has 0 aliphatic carbocycles. The van der Waals surface area contributed by atoms with Crippen LogP contribution in [-0.2, 0) is 7.05 Å². The summed E-state index contributed by atoms with van der Waals surface area (Å²) < 4.78 is 8.68. The van der Waals surface area contributed by atoms with Crippen LogP contribution in [0.15, 0.2) is 53.6 Å². The van der Waals surface area contributed by atoms with Gasteiger partial charge in [0.2, 0.25) is 0 Å². The molecule has 0 radical (unpaired) electrons. The zero-order valence-corrected chi connectivity index (χ0v) is 13.9. The average Bonchev–Trinajstić information content (AvgIpc) is 2.98. The van der Waals surface area contributed by atoms with Gasteiger partial charge in [0.05, 0.1) is 24.5 Å². The van der Waals surface area contributed by atoms with Crippen LogP contribution in [0.2, 0.25) is 5.02 Å². The number of aromatic nitrogens is 3. The predicted octanol–water partition coefficient (Wildman–Crippen LogP) is 3.54. The number of rotatable bonds is 2. The number of halogens is 1. The molecule has 4 aromatic rings. The summed E-state index contributed by atoms with van der Waals surface area (Å²) in [6.07, 6.45) is 1.65. The first-order valence-electron chi connectivity index (χ1n) is 7.40. The third-order valence-corrected chi connectivity index (χ3v) is 4.36. The van der Waals surface area contributed by atoms with Gasteiger partial charge in [-0.25, -0.2) is 4.98 Å². The van der Waals surface area contributed by atoms with Crippen molar-refractivity contribution in [1.82, 2.24) is 14.1 Å². The highest BCUT2D eigenvalue weighted by Crippen LogP contribution is 2.27. The molecular formula is C18H14ClN3O2. The molecule has 2 heterocycles. The summed E-state index contributed by atoms with van der Waals surface area (Å²) in [5.41, 5.74) is 2.54. The lowest BCUT2D eigenvalue weighted by atomic mass is 10.1. The fourth-order valence-electron chi connectivity index (χ4n) is 3.00. The second-order valence-electron chi connectivity index (χ2n) is 5.55. The molecule has 0 fully saturated rings. The summed E-state index contributed by atoms with van der Waals surface area (Å²) in [6.45, 7) is 0. The standard InChI is InChI=1S/C18H14ClN3O2/c1-21-10-20-16-17(21)14-8-3-11(19)9-15(14)22(18(16)23)12-4-6-13(24-2)7-5-12/h3-10H,1-2H3. The number of fused-ring (bicyclic) bond motifs is 3. The van der Waals surface area contributed by atoms with Crippen molar-refractivity contribution >= 4 is 33.5 Å². The summed E-state index contributed by atoms with van der Waals surface area (Å²) in [7, 11) is 3.48. The number of aryl methyl sites for hydroxylation is 1. The summed E-state index contributed by atoms with van der Waals surface area (Å²) in [6, 6.07) is 12.9. The van der Waals surface area contributed by atoms with E-state index in [1.165, 1.54) is 0 Å². The second-order valence-corrected chi connectivity index (χ2v) is 5.99. The van der Waals surface area contributed by atoms with Gasteiger partial charge in [-0.2, -0.15) is 0 Å². The Balaban J connectivity index is 2.17. The quantitative estimate of drug-likeness (QED) is 0.561. The summed E-state index contributed by atoms with van der Waals surface area (Å²) >= 11 is 6.19. The van der Waals surface area contributed by atoms with Crippen molar-refractivity contribution in [1.29, 1.82) is 0 Å². The topological polar surface area (TPSA) is 49.1 Å². The average molecular weight is 340 g/mol. The molecule has 0 aliphatic rings. The van der Waals surface area contributed by atoms with E-state index in [1.807, 2.05) is 48.0 Å². The number of nitrogens with zero attached hydrogens (tertiary/aromatic N) is 3. The molecular weight excluding hydrogens is 326 g/mol. The minimum Gasteiger partial charge on any atom is -0.497 e. The Morgan fingerprint density at radius 1 is 1.12 bits per heavy atom. The molecule has 0 atom stereocenters. The van der Waals surface area contributed by atoms with Crippen molar-refractivity contribution in [3.05, 3.63) is 64.2 Å². The van der Waals surface area contributed by atoms with Gasteiger partial charge in [-0.1, -0.05) is 11.6 Å². The van der Waals surface area contributed by atoms with E-state index in [0.29, 0.717) is 10.5 Å². The monoisotopic (exact) mass is 339 g/mol. The molecule has 0 saturated carbocycles. The smallest absolute Gasteiger partial charge is 0.283 e. The molecule has 0 aliphatic heterocycles. The normalized spacial score (nSPS) is 11.3. The zero-order chi connectivity index (χ0) is 16.8. The molecule has 5 nitrogen and oxygen atoms in total. The molecule has 24 heavy (non-hydrogen) atoms. The van der Waals surface area contributed by atoms with Crippen LogP contribution in [0.5, 0.6) is 5.75 Å². The number of pyridine rings is 1. The van der Waals surface area contributed by atoms with E-state index in [0.717, 1.165) is 27.9 Å². The van der Waals surface area contributed by atoms with Gasteiger partial charge in [0.1, 0.15) is 5.75 Å². The highest BCUT2D eigenvalue weighted by atomic mass is 35.5. The molecule has 2 aromatic carbocycles. The minimum absolute atomic E-state index is 0.175. The van der Waals surface area contributed by atoms with Crippen LogP contribution in [0, 0.1) is 0 Å². The maximum absolute atomic E-state index is 13.0. The number of imidazole rings is 1. The fraction of sp³-hybridized carbons (Fsp3) is 0.111. The first-order valence-corrected chi connectivity index (χ1v) is 7.77. The van der Waals surface area contributed by atoms with E-state index in [1.54, 1.807) is 24.1 Å². The third-order valence-electron chi connectivity index (χ3n) is 4.13. The molecule has 6 heteroatoms. The molecule has 0 bridgehead atoms. The molecule has 0 amide bonds. The first kappa shape index (κ1) is 14.8. The lowest BCUT2D eigenvalue weighted by molar-refractivity contribution is 0.415. The van der Waals surface area contributed by atoms with Gasteiger partial charge in [-0.3, -0.25) is 9.36 Å². The molecule has 4 rings (SSSR count). The molecule has 0 unspecified atom stereocenters. The van der Waals surface area contributed by atoms with Crippen molar-refractivity contribution in [2.45, 2.75) is 0 Å². The summed E-state index contributed by atoms with van der Waals surface area (Å²) in [4.78, 5) is 17.3. The summed E-state index contributed by atoms with van der Waals surface area (Å²) in [5.74, 6) is 0.730. The van der Waals surface area contributed by atoms with Crippen LogP contribution in [0.25, 0.3) is 27.6 Å². The first-order chi connectivity index (χ1) is 11.6. The van der Waals surface area contributed by atoms with E-state index in [4.69, 9.17) is 16.3 Å². The van der Waals surface area contributed by atoms with E-state index < -0.39 is 0 Å². The van der Waals surface area contributed by atoms with Crippen LogP contribution < -0.4 is 10.3 Å². The van der Waals surface area contributed by atoms with Crippen molar-refractivity contribution < 1.29 is 4.74 Å². The Labute approximate surface area is 142 Å². The molecule has 120 valence electrons. The highest BCUT2D eigenvalue weighted by Gasteiger charge is 2.16. The number of benzene rings is 2. The Morgan fingerprint density at radius 3 is 2.58 bits per heavy atom. The van der Waals surface area contributed by atoms with Gasteiger partial charge < -0.3 is 9.30 Å². The van der Waals surface area contributed by atoms with Gasteiger partial charge in [0.25, 0.3) is 5.56 Å². The summed E-state index contributed by atoms with van der Waals surface area (Å²) in [5, 5.41) is 1.50.